The van der Waals surface area contributed by atoms with Crippen molar-refractivity contribution in [2.75, 3.05) is 5.32 Å². The van der Waals surface area contributed by atoms with Crippen LogP contribution in [0.25, 0.3) is 0 Å². The summed E-state index contributed by atoms with van der Waals surface area (Å²) in [5.41, 5.74) is -5.98. The van der Waals surface area contributed by atoms with Crippen molar-refractivity contribution in [3.8, 4) is 0 Å². The van der Waals surface area contributed by atoms with Crippen molar-refractivity contribution in [2.45, 2.75) is 38.7 Å². The first-order chi connectivity index (χ1) is 10.1. The molecule has 1 rings (SSSR count). The van der Waals surface area contributed by atoms with Crippen LogP contribution >= 0.6 is 15.9 Å². The van der Waals surface area contributed by atoms with E-state index in [1.165, 1.54) is 20.8 Å². The Bertz CT molecular complexity index is 604. The standard InChI is InChI=1S/C13H12BrF6NO2/c1-11(2,3)23-10(22)21-9-7(14)5-4-6(12(15,16)17)8(9)13(18,19)20/h4-5H,1-3H3,(H,21,22). The van der Waals surface area contributed by atoms with Crippen molar-refractivity contribution >= 4 is 27.7 Å². The number of ether oxygens (including phenoxy) is 1. The van der Waals surface area contributed by atoms with Crippen molar-refractivity contribution in [3.63, 3.8) is 0 Å². The van der Waals surface area contributed by atoms with Gasteiger partial charge in [-0.2, -0.15) is 26.3 Å². The molecule has 0 unspecified atom stereocenters. The van der Waals surface area contributed by atoms with Crippen LogP contribution in [-0.4, -0.2) is 11.7 Å². The first kappa shape index (κ1) is 19.6. The van der Waals surface area contributed by atoms with Gasteiger partial charge in [0.05, 0.1) is 16.8 Å². The smallest absolute Gasteiger partial charge is 0.419 e. The summed E-state index contributed by atoms with van der Waals surface area (Å²) in [5, 5.41) is 1.73. The Kier molecular flexibility index (Phi) is 5.30. The average molecular weight is 408 g/mol. The molecule has 0 bridgehead atoms. The summed E-state index contributed by atoms with van der Waals surface area (Å²) in [6.07, 6.45) is -11.9. The number of carbonyl (C=O) groups is 1. The molecule has 0 fully saturated rings. The highest BCUT2D eigenvalue weighted by atomic mass is 79.9. The molecule has 1 aromatic rings. The second-order valence-corrected chi connectivity index (χ2v) is 6.32. The summed E-state index contributed by atoms with van der Waals surface area (Å²) in [5.74, 6) is 0. The third kappa shape index (κ3) is 5.29. The molecule has 3 nitrogen and oxygen atoms in total. The maximum Gasteiger partial charge on any atom is 0.419 e. The molecule has 1 N–H and O–H groups in total. The van der Waals surface area contributed by atoms with Gasteiger partial charge in [0.1, 0.15) is 5.60 Å². The molecule has 0 aliphatic carbocycles. The Labute approximate surface area is 136 Å². The number of nitrogens with one attached hydrogen (secondary N) is 1. The Morgan fingerprint density at radius 3 is 1.96 bits per heavy atom. The Hall–Kier alpha value is -1.45. The molecule has 130 valence electrons. The van der Waals surface area contributed by atoms with Crippen LogP contribution in [0.5, 0.6) is 0 Å². The number of benzene rings is 1. The fraction of sp³-hybridized carbons (Fsp3) is 0.462. The summed E-state index contributed by atoms with van der Waals surface area (Å²) < 4.78 is 82.2. The lowest BCUT2D eigenvalue weighted by atomic mass is 10.0. The third-order valence-corrected chi connectivity index (χ3v) is 3.03. The van der Waals surface area contributed by atoms with Crippen LogP contribution in [0.1, 0.15) is 31.9 Å². The zero-order valence-electron chi connectivity index (χ0n) is 12.1. The Balaban J connectivity index is 3.44. The second-order valence-electron chi connectivity index (χ2n) is 5.47. The van der Waals surface area contributed by atoms with E-state index in [9.17, 15) is 31.1 Å². The Morgan fingerprint density at radius 2 is 1.57 bits per heavy atom. The molecule has 0 atom stereocenters. The second kappa shape index (κ2) is 6.21. The molecule has 0 aliphatic rings. The van der Waals surface area contributed by atoms with E-state index >= 15 is 0 Å². The largest absolute Gasteiger partial charge is 0.444 e. The molecule has 0 heterocycles. The molecule has 0 radical (unpaired) electrons. The molecule has 0 spiro atoms. The van der Waals surface area contributed by atoms with Gasteiger partial charge in [0.15, 0.2) is 0 Å². The predicted octanol–water partition coefficient (Wildman–Crippen LogP) is 5.83. The minimum atomic E-state index is -5.33. The number of carbonyl (C=O) groups excluding carboxylic acids is 1. The van der Waals surface area contributed by atoms with E-state index in [1.807, 2.05) is 0 Å². The zero-order chi connectivity index (χ0) is 18.2. The number of amides is 1. The molecule has 1 aromatic carbocycles. The van der Waals surface area contributed by atoms with Crippen molar-refractivity contribution in [2.24, 2.45) is 0 Å². The molecule has 23 heavy (non-hydrogen) atoms. The van der Waals surface area contributed by atoms with E-state index in [1.54, 1.807) is 5.32 Å². The number of halogens is 7. The van der Waals surface area contributed by atoms with Gasteiger partial charge in [-0.25, -0.2) is 4.79 Å². The maximum absolute atomic E-state index is 13.1. The molecule has 0 aromatic heterocycles. The molecule has 1 amide bonds. The van der Waals surface area contributed by atoms with E-state index in [0.29, 0.717) is 0 Å². The average Bonchev–Trinajstić information content (AvgIpc) is 2.25. The first-order valence-electron chi connectivity index (χ1n) is 6.10. The highest BCUT2D eigenvalue weighted by molar-refractivity contribution is 9.10. The minimum Gasteiger partial charge on any atom is -0.444 e. The lowest BCUT2D eigenvalue weighted by molar-refractivity contribution is -0.161. The summed E-state index contributed by atoms with van der Waals surface area (Å²) in [4.78, 5) is 11.6. The molecular formula is C13H12BrF6NO2. The number of rotatable bonds is 1. The van der Waals surface area contributed by atoms with Gasteiger partial charge in [-0.3, -0.25) is 5.32 Å². The van der Waals surface area contributed by atoms with Crippen LogP contribution in [0.4, 0.5) is 36.8 Å². The van der Waals surface area contributed by atoms with Crippen LogP contribution in [0.15, 0.2) is 16.6 Å². The van der Waals surface area contributed by atoms with E-state index in [2.05, 4.69) is 15.9 Å². The van der Waals surface area contributed by atoms with E-state index in [4.69, 9.17) is 4.74 Å². The summed E-state index contributed by atoms with van der Waals surface area (Å²) in [6, 6.07) is 1.05. The topological polar surface area (TPSA) is 38.3 Å². The normalized spacial score (nSPS) is 13.0. The van der Waals surface area contributed by atoms with E-state index in [-0.39, 0.29) is 10.5 Å². The SMILES string of the molecule is CC(C)(C)OC(=O)Nc1c(Br)ccc(C(F)(F)F)c1C(F)(F)F. The highest BCUT2D eigenvalue weighted by Gasteiger charge is 2.46. The van der Waals surface area contributed by atoms with Gasteiger partial charge in [0.25, 0.3) is 0 Å². The van der Waals surface area contributed by atoms with Crippen LogP contribution in [-0.2, 0) is 17.1 Å². The summed E-state index contributed by atoms with van der Waals surface area (Å²) in [7, 11) is 0. The fourth-order valence-electron chi connectivity index (χ4n) is 1.64. The maximum atomic E-state index is 13.1. The predicted molar refractivity (Wildman–Crippen MR) is 74.0 cm³/mol. The van der Waals surface area contributed by atoms with Gasteiger partial charge in [0, 0.05) is 4.47 Å². The number of alkyl halides is 6. The number of hydrogen-bond acceptors (Lipinski definition) is 2. The van der Waals surface area contributed by atoms with Crippen molar-refractivity contribution in [3.05, 3.63) is 27.7 Å². The van der Waals surface area contributed by atoms with Crippen LogP contribution in [0, 0.1) is 0 Å². The summed E-state index contributed by atoms with van der Waals surface area (Å²) in [6.45, 7) is 4.37. The Morgan fingerprint density at radius 1 is 1.04 bits per heavy atom. The van der Waals surface area contributed by atoms with Gasteiger partial charge >= 0.3 is 18.4 Å². The van der Waals surface area contributed by atoms with Gasteiger partial charge in [-0.15, -0.1) is 0 Å². The van der Waals surface area contributed by atoms with Crippen molar-refractivity contribution < 1.29 is 35.9 Å². The number of anilines is 1. The quantitative estimate of drug-likeness (QED) is 0.594. The molecular weight excluding hydrogens is 396 g/mol. The van der Waals surface area contributed by atoms with E-state index < -0.39 is 40.9 Å². The van der Waals surface area contributed by atoms with Crippen molar-refractivity contribution in [1.29, 1.82) is 0 Å². The van der Waals surface area contributed by atoms with Gasteiger partial charge in [0.2, 0.25) is 0 Å². The van der Waals surface area contributed by atoms with Gasteiger partial charge < -0.3 is 4.74 Å². The number of hydrogen-bond donors (Lipinski definition) is 1. The summed E-state index contributed by atoms with van der Waals surface area (Å²) >= 11 is 2.71. The van der Waals surface area contributed by atoms with E-state index in [0.717, 1.165) is 6.07 Å². The molecule has 0 saturated carbocycles. The van der Waals surface area contributed by atoms with Crippen LogP contribution in [0.3, 0.4) is 0 Å². The third-order valence-electron chi connectivity index (χ3n) is 2.37. The molecule has 10 heteroatoms. The first-order valence-corrected chi connectivity index (χ1v) is 6.89. The van der Waals surface area contributed by atoms with Gasteiger partial charge in [-0.1, -0.05) is 0 Å². The monoisotopic (exact) mass is 407 g/mol. The lowest BCUT2D eigenvalue weighted by Crippen LogP contribution is -2.29. The molecule has 0 saturated heterocycles. The molecule has 0 aliphatic heterocycles. The van der Waals surface area contributed by atoms with Crippen molar-refractivity contribution in [1.82, 2.24) is 0 Å². The fourth-order valence-corrected chi connectivity index (χ4v) is 2.07. The zero-order valence-corrected chi connectivity index (χ0v) is 13.7. The van der Waals surface area contributed by atoms with Gasteiger partial charge in [-0.05, 0) is 48.8 Å². The van der Waals surface area contributed by atoms with Crippen LogP contribution in [0.2, 0.25) is 0 Å². The lowest BCUT2D eigenvalue weighted by Gasteiger charge is -2.23. The highest BCUT2D eigenvalue weighted by Crippen LogP contribution is 2.46. The minimum absolute atomic E-state index is 0.285. The van der Waals surface area contributed by atoms with Crippen LogP contribution < -0.4 is 5.32 Å².